The molecule has 0 unspecified atom stereocenters. The number of benzene rings is 1. The van der Waals surface area contributed by atoms with E-state index in [0.29, 0.717) is 27.1 Å². The van der Waals surface area contributed by atoms with Crippen LogP contribution in [0.15, 0.2) is 29.6 Å². The summed E-state index contributed by atoms with van der Waals surface area (Å²) in [6.45, 7) is 6.00. The van der Waals surface area contributed by atoms with Crippen LogP contribution in [0.4, 0.5) is 5.00 Å². The lowest BCUT2D eigenvalue weighted by molar-refractivity contribution is 0.0601. The summed E-state index contributed by atoms with van der Waals surface area (Å²) in [5.41, 5.74) is 3.05. The van der Waals surface area contributed by atoms with Crippen molar-refractivity contribution in [1.82, 2.24) is 0 Å². The van der Waals surface area contributed by atoms with E-state index in [1.807, 2.05) is 38.3 Å². The first kappa shape index (κ1) is 21.4. The van der Waals surface area contributed by atoms with E-state index in [0.717, 1.165) is 27.3 Å². The normalized spacial score (nSPS) is 10.7. The SMILES string of the molecule is COC(=O)c1c(NC(=O)c2cc(COc3ccc(Cl)c(C)c3)cs2)sc(C)c1C. The summed E-state index contributed by atoms with van der Waals surface area (Å²) in [4.78, 5) is 26.2. The summed E-state index contributed by atoms with van der Waals surface area (Å²) in [7, 11) is 1.33. The second kappa shape index (κ2) is 8.98. The Hall–Kier alpha value is -2.35. The number of anilines is 1. The van der Waals surface area contributed by atoms with Crippen molar-refractivity contribution in [3.63, 3.8) is 0 Å². The first-order valence-corrected chi connectivity index (χ1v) is 10.8. The molecule has 0 radical (unpaired) electrons. The average molecular weight is 450 g/mol. The molecule has 1 aromatic carbocycles. The van der Waals surface area contributed by atoms with Crippen molar-refractivity contribution in [2.45, 2.75) is 27.4 Å². The molecule has 0 atom stereocenters. The van der Waals surface area contributed by atoms with Gasteiger partial charge in [-0.15, -0.1) is 22.7 Å². The molecule has 0 saturated carbocycles. The van der Waals surface area contributed by atoms with Gasteiger partial charge in [-0.1, -0.05) is 11.6 Å². The van der Waals surface area contributed by atoms with Gasteiger partial charge < -0.3 is 14.8 Å². The molecule has 0 spiro atoms. The lowest BCUT2D eigenvalue weighted by atomic mass is 10.1. The number of ether oxygens (including phenoxy) is 2. The predicted molar refractivity (Wildman–Crippen MR) is 118 cm³/mol. The van der Waals surface area contributed by atoms with Gasteiger partial charge in [0.05, 0.1) is 17.6 Å². The highest BCUT2D eigenvalue weighted by molar-refractivity contribution is 7.17. The second-order valence-corrected chi connectivity index (χ2v) is 9.00. The quantitative estimate of drug-likeness (QED) is 0.468. The highest BCUT2D eigenvalue weighted by atomic mass is 35.5. The summed E-state index contributed by atoms with van der Waals surface area (Å²) in [5, 5.41) is 5.91. The van der Waals surface area contributed by atoms with Crippen molar-refractivity contribution in [3.8, 4) is 5.75 Å². The first-order valence-electron chi connectivity index (χ1n) is 8.76. The van der Waals surface area contributed by atoms with Crippen LogP contribution in [0.2, 0.25) is 5.02 Å². The molecular formula is C21H20ClNO4S2. The summed E-state index contributed by atoms with van der Waals surface area (Å²) in [6.07, 6.45) is 0. The topological polar surface area (TPSA) is 64.6 Å². The summed E-state index contributed by atoms with van der Waals surface area (Å²) in [6, 6.07) is 7.26. The molecule has 0 aliphatic heterocycles. The molecule has 29 heavy (non-hydrogen) atoms. The summed E-state index contributed by atoms with van der Waals surface area (Å²) in [5.74, 6) is -0.00738. The summed E-state index contributed by atoms with van der Waals surface area (Å²) < 4.78 is 10.6. The minimum Gasteiger partial charge on any atom is -0.489 e. The fourth-order valence-corrected chi connectivity index (χ4v) is 4.62. The van der Waals surface area contributed by atoms with Crippen molar-refractivity contribution in [3.05, 3.63) is 66.7 Å². The Kier molecular flexibility index (Phi) is 6.62. The smallest absolute Gasteiger partial charge is 0.341 e. The number of rotatable bonds is 6. The molecule has 2 heterocycles. The molecule has 5 nitrogen and oxygen atoms in total. The fourth-order valence-electron chi connectivity index (χ4n) is 2.67. The molecule has 0 fully saturated rings. The molecule has 0 saturated heterocycles. The number of methoxy groups -OCH3 is 1. The Morgan fingerprint density at radius 2 is 1.93 bits per heavy atom. The van der Waals surface area contributed by atoms with Gasteiger partial charge in [-0.25, -0.2) is 4.79 Å². The van der Waals surface area contributed by atoms with Crippen LogP contribution in [0.25, 0.3) is 0 Å². The Labute approximate surface area is 182 Å². The van der Waals surface area contributed by atoms with Crippen LogP contribution in [-0.2, 0) is 11.3 Å². The number of hydrogen-bond acceptors (Lipinski definition) is 6. The van der Waals surface area contributed by atoms with E-state index in [1.165, 1.54) is 29.8 Å². The third-order valence-electron chi connectivity index (χ3n) is 4.41. The largest absolute Gasteiger partial charge is 0.489 e. The number of aryl methyl sites for hydroxylation is 2. The van der Waals surface area contributed by atoms with Crippen LogP contribution in [0.3, 0.4) is 0 Å². The zero-order valence-corrected chi connectivity index (χ0v) is 18.8. The number of hydrogen-bond donors (Lipinski definition) is 1. The van der Waals surface area contributed by atoms with Crippen molar-refractivity contribution in [1.29, 1.82) is 0 Å². The standard InChI is InChI=1S/C21H20ClNO4S2/c1-11-7-15(5-6-16(11)22)27-9-14-8-17(28-10-14)19(24)23-20-18(21(25)26-4)12(2)13(3)29-20/h5-8,10H,9H2,1-4H3,(H,23,24). The van der Waals surface area contributed by atoms with Crippen LogP contribution in [0.5, 0.6) is 5.75 Å². The van der Waals surface area contributed by atoms with Crippen LogP contribution in [-0.4, -0.2) is 19.0 Å². The maximum absolute atomic E-state index is 12.7. The van der Waals surface area contributed by atoms with E-state index in [1.54, 1.807) is 12.1 Å². The third-order valence-corrected chi connectivity index (χ3v) is 6.94. The van der Waals surface area contributed by atoms with Gasteiger partial charge in [-0.05, 0) is 61.5 Å². The highest BCUT2D eigenvalue weighted by Gasteiger charge is 2.22. The lowest BCUT2D eigenvalue weighted by Gasteiger charge is -2.06. The third kappa shape index (κ3) is 4.80. The maximum atomic E-state index is 12.7. The highest BCUT2D eigenvalue weighted by Crippen LogP contribution is 2.33. The van der Waals surface area contributed by atoms with Crippen LogP contribution >= 0.6 is 34.3 Å². The average Bonchev–Trinajstić information content (AvgIpc) is 3.27. The molecule has 1 amide bonds. The molecule has 2 aromatic heterocycles. The molecule has 1 N–H and O–H groups in total. The maximum Gasteiger partial charge on any atom is 0.341 e. The fraction of sp³-hybridized carbons (Fsp3) is 0.238. The number of nitrogens with one attached hydrogen (secondary N) is 1. The second-order valence-electron chi connectivity index (χ2n) is 6.45. The minimum absolute atomic E-state index is 0.269. The molecule has 152 valence electrons. The number of amides is 1. The Morgan fingerprint density at radius 1 is 1.17 bits per heavy atom. The van der Waals surface area contributed by atoms with Crippen molar-refractivity contribution in [2.24, 2.45) is 0 Å². The minimum atomic E-state index is -0.458. The van der Waals surface area contributed by atoms with Crippen molar-refractivity contribution >= 4 is 51.2 Å². The van der Waals surface area contributed by atoms with Gasteiger partial charge in [0, 0.05) is 15.5 Å². The first-order chi connectivity index (χ1) is 13.8. The lowest BCUT2D eigenvalue weighted by Crippen LogP contribution is -2.13. The number of esters is 1. The van der Waals surface area contributed by atoms with Crippen molar-refractivity contribution < 1.29 is 19.1 Å². The van der Waals surface area contributed by atoms with Gasteiger partial charge in [0.25, 0.3) is 5.91 Å². The van der Waals surface area contributed by atoms with Crippen LogP contribution in [0, 0.1) is 20.8 Å². The van der Waals surface area contributed by atoms with Gasteiger partial charge >= 0.3 is 5.97 Å². The van der Waals surface area contributed by atoms with E-state index in [2.05, 4.69) is 5.32 Å². The summed E-state index contributed by atoms with van der Waals surface area (Å²) >= 11 is 8.71. The molecule has 0 aliphatic rings. The molecule has 0 aliphatic carbocycles. The van der Waals surface area contributed by atoms with E-state index in [-0.39, 0.29) is 5.91 Å². The van der Waals surface area contributed by atoms with Crippen LogP contribution in [0.1, 0.15) is 41.6 Å². The Bertz CT molecular complexity index is 1070. The molecule has 3 aromatic rings. The molecular weight excluding hydrogens is 430 g/mol. The Balaban J connectivity index is 1.69. The van der Waals surface area contributed by atoms with E-state index >= 15 is 0 Å². The number of carbonyl (C=O) groups excluding carboxylic acids is 2. The van der Waals surface area contributed by atoms with Gasteiger partial charge in [-0.3, -0.25) is 4.79 Å². The van der Waals surface area contributed by atoms with Gasteiger partial charge in [0.1, 0.15) is 17.4 Å². The monoisotopic (exact) mass is 449 g/mol. The van der Waals surface area contributed by atoms with Gasteiger partial charge in [0.2, 0.25) is 0 Å². The number of thiophene rings is 2. The van der Waals surface area contributed by atoms with Gasteiger partial charge in [-0.2, -0.15) is 0 Å². The zero-order valence-electron chi connectivity index (χ0n) is 16.4. The molecule has 3 rings (SSSR count). The molecule has 0 bridgehead atoms. The van der Waals surface area contributed by atoms with E-state index in [4.69, 9.17) is 21.1 Å². The van der Waals surface area contributed by atoms with Crippen molar-refractivity contribution in [2.75, 3.05) is 12.4 Å². The zero-order chi connectivity index (χ0) is 21.1. The Morgan fingerprint density at radius 3 is 2.62 bits per heavy atom. The van der Waals surface area contributed by atoms with E-state index < -0.39 is 5.97 Å². The van der Waals surface area contributed by atoms with Crippen LogP contribution < -0.4 is 10.1 Å². The molecule has 8 heteroatoms. The van der Waals surface area contributed by atoms with E-state index in [9.17, 15) is 9.59 Å². The predicted octanol–water partition coefficient (Wildman–Crippen LogP) is 6.01. The number of halogens is 1. The van der Waals surface area contributed by atoms with Gasteiger partial charge in [0.15, 0.2) is 0 Å². The number of carbonyl (C=O) groups is 2.